The molecular weight excluding hydrogens is 170 g/mol. The van der Waals surface area contributed by atoms with Gasteiger partial charge in [-0.25, -0.2) is 9.79 Å². The van der Waals surface area contributed by atoms with Gasteiger partial charge in [0.2, 0.25) is 6.08 Å². The molecule has 70 valence electrons. The van der Waals surface area contributed by atoms with Crippen molar-refractivity contribution in [2.75, 3.05) is 13.2 Å². The molecule has 0 amide bonds. The van der Waals surface area contributed by atoms with Gasteiger partial charge in [0, 0.05) is 6.61 Å². The van der Waals surface area contributed by atoms with Crippen LogP contribution in [0.15, 0.2) is 4.99 Å². The topological polar surface area (TPSA) is 38.7 Å². The Bertz CT molecular complexity index is 146. The maximum Gasteiger partial charge on any atom is 0.234 e. The molecular formula is C8H17NO2Si. The predicted molar refractivity (Wildman–Crippen MR) is 51.7 cm³/mol. The van der Waals surface area contributed by atoms with E-state index in [2.05, 4.69) is 11.9 Å². The SMILES string of the molecule is CCO[SiH](CC)CCCN=C=O. The molecule has 0 aliphatic carbocycles. The lowest BCUT2D eigenvalue weighted by Crippen LogP contribution is -2.16. The molecule has 4 heteroatoms. The fourth-order valence-corrected chi connectivity index (χ4v) is 3.00. The average molecular weight is 187 g/mol. The number of aliphatic imine (C=N–C) groups is 1. The highest BCUT2D eigenvalue weighted by atomic mass is 28.3. The van der Waals surface area contributed by atoms with E-state index >= 15 is 0 Å². The van der Waals surface area contributed by atoms with Gasteiger partial charge in [0.25, 0.3) is 0 Å². The second-order valence-electron chi connectivity index (χ2n) is 2.60. The van der Waals surface area contributed by atoms with E-state index < -0.39 is 9.04 Å². The van der Waals surface area contributed by atoms with Crippen LogP contribution in [0.2, 0.25) is 12.1 Å². The van der Waals surface area contributed by atoms with Gasteiger partial charge in [-0.2, -0.15) is 0 Å². The van der Waals surface area contributed by atoms with Crippen LogP contribution in [-0.4, -0.2) is 28.3 Å². The van der Waals surface area contributed by atoms with Gasteiger partial charge in [-0.3, -0.25) is 0 Å². The number of hydrogen-bond acceptors (Lipinski definition) is 3. The first kappa shape index (κ1) is 11.6. The normalized spacial score (nSPS) is 12.2. The molecule has 0 aromatic carbocycles. The fourth-order valence-electron chi connectivity index (χ4n) is 1.08. The van der Waals surface area contributed by atoms with Gasteiger partial charge < -0.3 is 4.43 Å². The van der Waals surface area contributed by atoms with Gasteiger partial charge in [-0.05, 0) is 25.4 Å². The van der Waals surface area contributed by atoms with Gasteiger partial charge in [0.05, 0.1) is 6.54 Å². The molecule has 1 unspecified atom stereocenters. The zero-order chi connectivity index (χ0) is 9.23. The summed E-state index contributed by atoms with van der Waals surface area (Å²) < 4.78 is 5.57. The first-order valence-corrected chi connectivity index (χ1v) is 6.60. The highest BCUT2D eigenvalue weighted by Crippen LogP contribution is 2.04. The Morgan fingerprint density at radius 3 is 2.75 bits per heavy atom. The lowest BCUT2D eigenvalue weighted by atomic mass is 10.5. The molecule has 3 nitrogen and oxygen atoms in total. The van der Waals surface area contributed by atoms with Gasteiger partial charge in [-0.1, -0.05) is 6.92 Å². The first-order chi connectivity index (χ1) is 5.85. The summed E-state index contributed by atoms with van der Waals surface area (Å²) in [4.78, 5) is 13.2. The van der Waals surface area contributed by atoms with E-state index in [0.29, 0.717) is 6.54 Å². The minimum Gasteiger partial charge on any atom is -0.420 e. The lowest BCUT2D eigenvalue weighted by molar-refractivity contribution is 0.341. The summed E-state index contributed by atoms with van der Waals surface area (Å²) >= 11 is 0. The van der Waals surface area contributed by atoms with Crippen LogP contribution in [0.4, 0.5) is 0 Å². The van der Waals surface area contributed by atoms with E-state index in [1.807, 2.05) is 6.92 Å². The summed E-state index contributed by atoms with van der Waals surface area (Å²) in [5.74, 6) is 0. The highest BCUT2D eigenvalue weighted by molar-refractivity contribution is 6.51. The van der Waals surface area contributed by atoms with Crippen LogP contribution in [0.25, 0.3) is 0 Å². The Balaban J connectivity index is 3.36. The van der Waals surface area contributed by atoms with E-state index in [9.17, 15) is 4.79 Å². The molecule has 0 spiro atoms. The molecule has 0 fully saturated rings. The van der Waals surface area contributed by atoms with Crippen LogP contribution in [0.1, 0.15) is 20.3 Å². The Hall–Kier alpha value is -0.443. The number of rotatable bonds is 7. The predicted octanol–water partition coefficient (Wildman–Crippen LogP) is 1.49. The maximum absolute atomic E-state index is 9.73. The van der Waals surface area contributed by atoms with Crippen molar-refractivity contribution >= 4 is 15.1 Å². The quantitative estimate of drug-likeness (QED) is 0.262. The number of carbonyl (C=O) groups excluding carboxylic acids is 1. The smallest absolute Gasteiger partial charge is 0.234 e. The second kappa shape index (κ2) is 8.65. The summed E-state index contributed by atoms with van der Waals surface area (Å²) in [6.07, 6.45) is 2.51. The molecule has 0 heterocycles. The standard InChI is InChI=1S/C8H17NO2Si/c1-3-11-12(4-2)7-5-6-9-8-10/h12H,3-7H2,1-2H3. The van der Waals surface area contributed by atoms with Gasteiger partial charge in [0.15, 0.2) is 9.04 Å². The summed E-state index contributed by atoms with van der Waals surface area (Å²) in [7, 11) is -0.945. The second-order valence-corrected chi connectivity index (χ2v) is 5.57. The first-order valence-electron chi connectivity index (χ1n) is 4.50. The molecule has 0 aliphatic heterocycles. The summed E-state index contributed by atoms with van der Waals surface area (Å²) in [5, 5.41) is 0. The van der Waals surface area contributed by atoms with Crippen LogP contribution in [0.5, 0.6) is 0 Å². The van der Waals surface area contributed by atoms with Crippen molar-refractivity contribution in [2.45, 2.75) is 32.4 Å². The third kappa shape index (κ3) is 6.28. The zero-order valence-corrected chi connectivity index (χ0v) is 9.03. The van der Waals surface area contributed by atoms with Crippen molar-refractivity contribution in [1.82, 2.24) is 0 Å². The molecule has 0 N–H and O–H groups in total. The number of hydrogen-bond donors (Lipinski definition) is 0. The monoisotopic (exact) mass is 187 g/mol. The Morgan fingerprint density at radius 1 is 1.50 bits per heavy atom. The third-order valence-corrected chi connectivity index (χ3v) is 4.49. The minimum atomic E-state index is -0.945. The van der Waals surface area contributed by atoms with Crippen molar-refractivity contribution < 1.29 is 9.22 Å². The van der Waals surface area contributed by atoms with Gasteiger partial charge >= 0.3 is 0 Å². The van der Waals surface area contributed by atoms with Crippen LogP contribution < -0.4 is 0 Å². The molecule has 0 saturated heterocycles. The van der Waals surface area contributed by atoms with E-state index in [0.717, 1.165) is 19.1 Å². The molecule has 0 bridgehead atoms. The van der Waals surface area contributed by atoms with Crippen molar-refractivity contribution in [2.24, 2.45) is 4.99 Å². The molecule has 0 aromatic rings. The van der Waals surface area contributed by atoms with Crippen molar-refractivity contribution in [1.29, 1.82) is 0 Å². The molecule has 0 radical (unpaired) electrons. The van der Waals surface area contributed by atoms with E-state index in [4.69, 9.17) is 4.43 Å². The Morgan fingerprint density at radius 2 is 2.25 bits per heavy atom. The lowest BCUT2D eigenvalue weighted by Gasteiger charge is -2.11. The maximum atomic E-state index is 9.73. The van der Waals surface area contributed by atoms with Crippen LogP contribution in [0, 0.1) is 0 Å². The van der Waals surface area contributed by atoms with Crippen LogP contribution in [0.3, 0.4) is 0 Å². The van der Waals surface area contributed by atoms with Gasteiger partial charge in [-0.15, -0.1) is 0 Å². The largest absolute Gasteiger partial charge is 0.420 e. The minimum absolute atomic E-state index is 0.611. The summed E-state index contributed by atoms with van der Waals surface area (Å²) in [6, 6.07) is 2.29. The molecule has 1 atom stereocenters. The van der Waals surface area contributed by atoms with Crippen LogP contribution >= 0.6 is 0 Å². The van der Waals surface area contributed by atoms with E-state index in [1.165, 1.54) is 6.04 Å². The summed E-state index contributed by atoms with van der Waals surface area (Å²) in [6.45, 7) is 5.62. The molecule has 12 heavy (non-hydrogen) atoms. The molecule has 0 aromatic heterocycles. The van der Waals surface area contributed by atoms with Crippen molar-refractivity contribution in [3.8, 4) is 0 Å². The third-order valence-electron chi connectivity index (χ3n) is 1.72. The zero-order valence-electron chi connectivity index (χ0n) is 7.88. The number of isocyanates is 1. The van der Waals surface area contributed by atoms with E-state index in [-0.39, 0.29) is 0 Å². The Labute approximate surface area is 75.6 Å². The van der Waals surface area contributed by atoms with Crippen LogP contribution in [-0.2, 0) is 9.22 Å². The molecule has 0 saturated carbocycles. The summed E-state index contributed by atoms with van der Waals surface area (Å²) in [5.41, 5.74) is 0. The highest BCUT2D eigenvalue weighted by Gasteiger charge is 2.06. The fraction of sp³-hybridized carbons (Fsp3) is 0.875. The molecule has 0 aliphatic rings. The van der Waals surface area contributed by atoms with Crippen molar-refractivity contribution in [3.05, 3.63) is 0 Å². The van der Waals surface area contributed by atoms with Gasteiger partial charge in [0.1, 0.15) is 0 Å². The average Bonchev–Trinajstić information content (AvgIpc) is 2.10. The van der Waals surface area contributed by atoms with Crippen molar-refractivity contribution in [3.63, 3.8) is 0 Å². The molecule has 0 rings (SSSR count). The number of nitrogens with zero attached hydrogens (tertiary/aromatic N) is 1. The van der Waals surface area contributed by atoms with E-state index in [1.54, 1.807) is 6.08 Å². The Kier molecular flexibility index (Phi) is 8.33.